The van der Waals surface area contributed by atoms with E-state index in [4.69, 9.17) is 9.47 Å². The number of halogens is 3. The molecule has 4 rings (SSSR count). The minimum Gasteiger partial charge on any atom is -0.490 e. The molecule has 0 spiro atoms. The van der Waals surface area contributed by atoms with Crippen LogP contribution in [-0.2, 0) is 10.9 Å². The van der Waals surface area contributed by atoms with Crippen molar-refractivity contribution in [2.24, 2.45) is 5.92 Å². The van der Waals surface area contributed by atoms with Gasteiger partial charge in [0.05, 0.1) is 36.0 Å². The van der Waals surface area contributed by atoms with Gasteiger partial charge >= 0.3 is 12.2 Å². The fourth-order valence-corrected chi connectivity index (χ4v) is 5.57. The minimum absolute atomic E-state index is 0.120. The van der Waals surface area contributed by atoms with E-state index in [1.807, 2.05) is 19.9 Å². The van der Waals surface area contributed by atoms with E-state index in [1.54, 1.807) is 56.4 Å². The second-order valence-corrected chi connectivity index (χ2v) is 12.7. The molecule has 0 fully saturated rings. The van der Waals surface area contributed by atoms with Crippen LogP contribution in [0.25, 0.3) is 0 Å². The lowest BCUT2D eigenvalue weighted by Gasteiger charge is -2.35. The van der Waals surface area contributed by atoms with Crippen LogP contribution in [-0.4, -0.2) is 84.4 Å². The van der Waals surface area contributed by atoms with Crippen molar-refractivity contribution in [1.29, 1.82) is 0 Å². The van der Waals surface area contributed by atoms with Gasteiger partial charge in [0, 0.05) is 49.6 Å². The predicted octanol–water partition coefficient (Wildman–Crippen LogP) is 6.92. The summed E-state index contributed by atoms with van der Waals surface area (Å²) >= 11 is 0. The number of aliphatic hydroxyl groups is 1. The molecule has 1 heterocycles. The number of carbonyl (C=O) groups is 3. The summed E-state index contributed by atoms with van der Waals surface area (Å²) in [5.74, 6) is -0.733. The number of hydrogen-bond donors (Lipinski definition) is 3. The van der Waals surface area contributed by atoms with Gasteiger partial charge in [-0.3, -0.25) is 9.59 Å². The lowest BCUT2D eigenvalue weighted by Crippen LogP contribution is -2.48. The Morgan fingerprint density at radius 3 is 2.34 bits per heavy atom. The fourth-order valence-electron chi connectivity index (χ4n) is 5.57. The van der Waals surface area contributed by atoms with E-state index in [-0.39, 0.29) is 48.9 Å². The van der Waals surface area contributed by atoms with Crippen LogP contribution in [0.4, 0.5) is 29.3 Å². The highest BCUT2D eigenvalue weighted by molar-refractivity contribution is 6.05. The number of hydrogen-bond acceptors (Lipinski definition) is 6. The number of rotatable bonds is 7. The molecule has 270 valence electrons. The van der Waals surface area contributed by atoms with E-state index in [2.05, 4.69) is 10.6 Å². The molecule has 1 aliphatic rings. The van der Waals surface area contributed by atoms with Gasteiger partial charge in [-0.15, -0.1) is 0 Å². The molecule has 10 nitrogen and oxygen atoms in total. The minimum atomic E-state index is -4.49. The zero-order valence-corrected chi connectivity index (χ0v) is 28.7. The third-order valence-corrected chi connectivity index (χ3v) is 8.61. The number of amides is 4. The van der Waals surface area contributed by atoms with Gasteiger partial charge in [0.1, 0.15) is 5.75 Å². The highest BCUT2D eigenvalue weighted by atomic mass is 19.4. The van der Waals surface area contributed by atoms with Gasteiger partial charge < -0.3 is 35.0 Å². The van der Waals surface area contributed by atoms with Gasteiger partial charge in [-0.25, -0.2) is 4.79 Å². The van der Waals surface area contributed by atoms with Crippen LogP contribution in [0.15, 0.2) is 72.8 Å². The summed E-state index contributed by atoms with van der Waals surface area (Å²) in [6, 6.07) is 16.6. The maximum absolute atomic E-state index is 14.3. The van der Waals surface area contributed by atoms with Gasteiger partial charge in [-0.2, -0.15) is 13.2 Å². The van der Waals surface area contributed by atoms with Crippen molar-refractivity contribution in [1.82, 2.24) is 9.80 Å². The standard InChI is InChI=1S/C37H45F3N4O6/c1-24-21-44(25(2)23-45)35(47)31-20-30(41-34(46)27-11-6-5-7-12-27)17-18-32(31)50-26(3)10-8-9-19-49-33(24)22-43(4)36(48)42-29-15-13-28(14-16-29)37(38,39)40/h5-7,11-18,20,24-26,33,45H,8-10,19,21-23H2,1-4H3,(H,41,46)(H,42,48)/t24-,25+,26-,33-/m0/s1. The molecule has 0 radical (unpaired) electrons. The van der Waals surface area contributed by atoms with E-state index < -0.39 is 35.8 Å². The van der Waals surface area contributed by atoms with E-state index in [0.717, 1.165) is 18.6 Å². The van der Waals surface area contributed by atoms with Crippen molar-refractivity contribution >= 4 is 29.2 Å². The van der Waals surface area contributed by atoms with E-state index in [1.165, 1.54) is 21.9 Å². The highest BCUT2D eigenvalue weighted by Gasteiger charge is 2.32. The first-order valence-corrected chi connectivity index (χ1v) is 16.7. The quantitative estimate of drug-likeness (QED) is 0.247. The van der Waals surface area contributed by atoms with Gasteiger partial charge in [0.2, 0.25) is 0 Å². The van der Waals surface area contributed by atoms with Crippen LogP contribution in [0.2, 0.25) is 0 Å². The first-order valence-electron chi connectivity index (χ1n) is 16.7. The van der Waals surface area contributed by atoms with E-state index in [0.29, 0.717) is 36.4 Å². The number of nitrogens with one attached hydrogen (secondary N) is 2. The maximum atomic E-state index is 14.3. The molecule has 13 heteroatoms. The largest absolute Gasteiger partial charge is 0.490 e. The van der Waals surface area contributed by atoms with Crippen molar-refractivity contribution in [3.8, 4) is 5.75 Å². The zero-order chi connectivity index (χ0) is 36.4. The number of ether oxygens (including phenoxy) is 2. The van der Waals surface area contributed by atoms with E-state index >= 15 is 0 Å². The van der Waals surface area contributed by atoms with Gasteiger partial charge in [-0.1, -0.05) is 25.1 Å². The third kappa shape index (κ3) is 10.4. The van der Waals surface area contributed by atoms with E-state index in [9.17, 15) is 32.7 Å². The lowest BCUT2D eigenvalue weighted by atomic mass is 10.0. The van der Waals surface area contributed by atoms with Crippen LogP contribution in [0.1, 0.15) is 66.3 Å². The normalized spacial score (nSPS) is 19.7. The molecular weight excluding hydrogens is 653 g/mol. The highest BCUT2D eigenvalue weighted by Crippen LogP contribution is 2.31. The van der Waals surface area contributed by atoms with Crippen LogP contribution >= 0.6 is 0 Å². The second kappa shape index (κ2) is 17.3. The average molecular weight is 699 g/mol. The Kier molecular flexibility index (Phi) is 13.3. The van der Waals surface area contributed by atoms with Crippen molar-refractivity contribution in [3.63, 3.8) is 0 Å². The van der Waals surface area contributed by atoms with Crippen LogP contribution in [0, 0.1) is 5.92 Å². The van der Waals surface area contributed by atoms with Crippen molar-refractivity contribution in [2.45, 2.75) is 64.5 Å². The molecule has 3 N–H and O–H groups in total. The number of fused-ring (bicyclic) bond motifs is 1. The molecule has 3 aromatic carbocycles. The van der Waals surface area contributed by atoms with Gasteiger partial charge in [0.25, 0.3) is 11.8 Å². The van der Waals surface area contributed by atoms with Gasteiger partial charge in [0.15, 0.2) is 0 Å². The summed E-state index contributed by atoms with van der Waals surface area (Å²) < 4.78 is 51.5. The topological polar surface area (TPSA) is 120 Å². The molecule has 0 unspecified atom stereocenters. The summed E-state index contributed by atoms with van der Waals surface area (Å²) in [6.07, 6.45) is -3.11. The number of likely N-dealkylation sites (N-methyl/N-ethyl adjacent to an activating group) is 1. The Labute approximate surface area is 290 Å². The summed E-state index contributed by atoms with van der Waals surface area (Å²) in [5, 5.41) is 15.7. The lowest BCUT2D eigenvalue weighted by molar-refractivity contribution is -0.137. The summed E-state index contributed by atoms with van der Waals surface area (Å²) in [6.45, 7) is 5.85. The molecule has 4 amide bonds. The number of benzene rings is 3. The van der Waals surface area contributed by atoms with Crippen LogP contribution < -0.4 is 15.4 Å². The first kappa shape index (κ1) is 38.2. The number of alkyl halides is 3. The molecule has 0 bridgehead atoms. The van der Waals surface area contributed by atoms with Crippen molar-refractivity contribution < 1.29 is 42.1 Å². The monoisotopic (exact) mass is 698 g/mol. The molecule has 0 aliphatic carbocycles. The van der Waals surface area contributed by atoms with Crippen molar-refractivity contribution in [2.75, 3.05) is 44.0 Å². The Morgan fingerprint density at radius 1 is 1.00 bits per heavy atom. The van der Waals surface area contributed by atoms with Crippen LogP contribution in [0.5, 0.6) is 5.75 Å². The Balaban J connectivity index is 1.57. The molecule has 0 saturated carbocycles. The molecule has 3 aromatic rings. The number of urea groups is 1. The molecular formula is C37H45F3N4O6. The molecule has 0 saturated heterocycles. The first-order chi connectivity index (χ1) is 23.8. The summed E-state index contributed by atoms with van der Waals surface area (Å²) in [5.41, 5.74) is 0.460. The maximum Gasteiger partial charge on any atom is 0.416 e. The number of nitrogens with zero attached hydrogens (tertiary/aromatic N) is 2. The third-order valence-electron chi connectivity index (χ3n) is 8.61. The molecule has 1 aliphatic heterocycles. The number of anilines is 2. The Hall–Kier alpha value is -4.62. The second-order valence-electron chi connectivity index (χ2n) is 12.7. The number of carbonyl (C=O) groups excluding carboxylic acids is 3. The smallest absolute Gasteiger partial charge is 0.416 e. The molecule has 0 aromatic heterocycles. The van der Waals surface area contributed by atoms with Crippen LogP contribution in [0.3, 0.4) is 0 Å². The fraction of sp³-hybridized carbons (Fsp3) is 0.432. The predicted molar refractivity (Wildman–Crippen MR) is 184 cm³/mol. The molecule has 4 atom stereocenters. The van der Waals surface area contributed by atoms with Crippen molar-refractivity contribution in [3.05, 3.63) is 89.5 Å². The SMILES string of the molecule is C[C@H](CO)N1C[C@H](C)[C@H](CN(C)C(=O)Nc2ccc(C(F)(F)F)cc2)OCCCC[C@H](C)Oc2ccc(NC(=O)c3ccccc3)cc2C1=O. The van der Waals surface area contributed by atoms with Gasteiger partial charge in [-0.05, 0) is 87.7 Å². The molecule has 50 heavy (non-hydrogen) atoms. The summed E-state index contributed by atoms with van der Waals surface area (Å²) in [7, 11) is 1.56. The number of aliphatic hydroxyl groups excluding tert-OH is 1. The Bertz CT molecular complexity index is 1590. The Morgan fingerprint density at radius 2 is 1.68 bits per heavy atom. The zero-order valence-electron chi connectivity index (χ0n) is 28.7. The summed E-state index contributed by atoms with van der Waals surface area (Å²) in [4.78, 5) is 43.2. The average Bonchev–Trinajstić information content (AvgIpc) is 3.09.